The highest BCUT2D eigenvalue weighted by molar-refractivity contribution is 7.93. The molecule has 0 bridgehead atoms. The molecule has 0 saturated heterocycles. The fourth-order valence-electron chi connectivity index (χ4n) is 4.80. The van der Waals surface area contributed by atoms with Crippen molar-refractivity contribution in [1.29, 1.82) is 0 Å². The van der Waals surface area contributed by atoms with Gasteiger partial charge in [-0.1, -0.05) is 41.9 Å². The molecular weight excluding hydrogens is 524 g/mol. The highest BCUT2D eigenvalue weighted by atomic mass is 35.5. The molecule has 0 unspecified atom stereocenters. The number of para-hydroxylation sites is 3. The summed E-state index contributed by atoms with van der Waals surface area (Å²) in [5.74, 6) is -0.990. The Balaban J connectivity index is 1.41. The Morgan fingerprint density at radius 3 is 2.61 bits per heavy atom. The summed E-state index contributed by atoms with van der Waals surface area (Å²) in [6.07, 6.45) is 2.16. The number of nitrogens with one attached hydrogen (secondary N) is 3. The Labute approximate surface area is 226 Å². The average molecular weight is 551 g/mol. The molecule has 1 aliphatic heterocycles. The molecule has 4 aromatic rings. The lowest BCUT2D eigenvalue weighted by Crippen LogP contribution is -2.53. The minimum Gasteiger partial charge on any atom is -0.361 e. The quantitative estimate of drug-likeness (QED) is 0.309. The molecule has 1 atom stereocenters. The maximum atomic E-state index is 14.0. The van der Waals surface area contributed by atoms with Crippen LogP contribution in [0.3, 0.4) is 0 Å². The minimum absolute atomic E-state index is 0.0358. The fraction of sp³-hybridized carbons (Fsp3) is 0.214. The predicted molar refractivity (Wildman–Crippen MR) is 149 cm³/mol. The third-order valence-electron chi connectivity index (χ3n) is 6.75. The fourth-order valence-corrected chi connectivity index (χ4v) is 6.94. The van der Waals surface area contributed by atoms with E-state index in [1.807, 2.05) is 30.5 Å². The van der Waals surface area contributed by atoms with E-state index < -0.39 is 27.9 Å². The van der Waals surface area contributed by atoms with Gasteiger partial charge in [0, 0.05) is 28.7 Å². The van der Waals surface area contributed by atoms with Crippen LogP contribution in [0.2, 0.25) is 5.02 Å². The van der Waals surface area contributed by atoms with Gasteiger partial charge in [-0.05, 0) is 67.3 Å². The van der Waals surface area contributed by atoms with E-state index in [9.17, 15) is 18.0 Å². The van der Waals surface area contributed by atoms with Gasteiger partial charge in [0.05, 0.1) is 22.7 Å². The van der Waals surface area contributed by atoms with E-state index in [2.05, 4.69) is 15.6 Å². The number of fused-ring (bicyclic) bond motifs is 2. The number of hydrogen-bond donors (Lipinski definition) is 3. The van der Waals surface area contributed by atoms with Gasteiger partial charge in [-0.2, -0.15) is 0 Å². The predicted octanol–water partition coefficient (Wildman–Crippen LogP) is 4.70. The lowest BCUT2D eigenvalue weighted by atomic mass is 10.1. The summed E-state index contributed by atoms with van der Waals surface area (Å²) in [7, 11) is -4.22. The minimum atomic E-state index is -4.22. The van der Waals surface area contributed by atoms with Crippen molar-refractivity contribution in [3.8, 4) is 0 Å². The first kappa shape index (κ1) is 25.8. The molecule has 3 N–H and O–H groups in total. The largest absolute Gasteiger partial charge is 0.361 e. The summed E-state index contributed by atoms with van der Waals surface area (Å²) < 4.78 is 29.1. The van der Waals surface area contributed by atoms with Crippen molar-refractivity contribution < 1.29 is 18.0 Å². The molecule has 0 saturated carbocycles. The summed E-state index contributed by atoms with van der Waals surface area (Å²) in [6, 6.07) is 16.4. The van der Waals surface area contributed by atoms with Gasteiger partial charge >= 0.3 is 0 Å². The van der Waals surface area contributed by atoms with Crippen molar-refractivity contribution in [2.24, 2.45) is 0 Å². The third-order valence-corrected chi connectivity index (χ3v) is 9.12. The second kappa shape index (κ2) is 10.2. The zero-order valence-corrected chi connectivity index (χ0v) is 22.5. The molecule has 38 heavy (non-hydrogen) atoms. The number of aryl methyl sites for hydroxylation is 2. The number of carbonyl (C=O) groups is 2. The lowest BCUT2D eigenvalue weighted by Gasteiger charge is -2.37. The molecule has 3 aromatic carbocycles. The Bertz CT molecular complexity index is 1660. The summed E-state index contributed by atoms with van der Waals surface area (Å²) in [5.41, 5.74) is 3.78. The molecule has 1 aliphatic rings. The van der Waals surface area contributed by atoms with Gasteiger partial charge in [0.1, 0.15) is 6.04 Å². The van der Waals surface area contributed by atoms with Crippen LogP contribution in [0.4, 0.5) is 11.4 Å². The average Bonchev–Trinajstić information content (AvgIpc) is 3.29. The summed E-state index contributed by atoms with van der Waals surface area (Å²) in [5, 5.41) is 7.13. The molecule has 1 aromatic heterocycles. The number of benzene rings is 3. The monoisotopic (exact) mass is 550 g/mol. The second-order valence-electron chi connectivity index (χ2n) is 9.35. The van der Waals surface area contributed by atoms with Crippen LogP contribution in [0.1, 0.15) is 23.1 Å². The van der Waals surface area contributed by atoms with Crippen LogP contribution in [-0.2, 0) is 26.0 Å². The van der Waals surface area contributed by atoms with E-state index in [1.165, 1.54) is 6.07 Å². The van der Waals surface area contributed by atoms with Crippen LogP contribution in [0.25, 0.3) is 10.9 Å². The van der Waals surface area contributed by atoms with Gasteiger partial charge in [-0.25, -0.2) is 8.42 Å². The molecular formula is C28H27ClN4O4S. The number of aromatic nitrogens is 1. The SMILES string of the molecule is Cc1cc(S(=O)(=O)N2c3ccccc3NC(=O)[C@H]2CC(=O)NCCc2c[nH]c3ccccc23)c(C)cc1Cl. The molecule has 0 spiro atoms. The van der Waals surface area contributed by atoms with Crippen LogP contribution < -0.4 is 14.9 Å². The van der Waals surface area contributed by atoms with Gasteiger partial charge in [0.2, 0.25) is 11.8 Å². The molecule has 2 amide bonds. The van der Waals surface area contributed by atoms with Crippen molar-refractivity contribution in [3.63, 3.8) is 0 Å². The first-order chi connectivity index (χ1) is 18.2. The van der Waals surface area contributed by atoms with Gasteiger partial charge < -0.3 is 15.6 Å². The highest BCUT2D eigenvalue weighted by Gasteiger charge is 2.42. The number of aromatic amines is 1. The van der Waals surface area contributed by atoms with E-state index in [0.717, 1.165) is 20.8 Å². The Morgan fingerprint density at radius 2 is 1.79 bits per heavy atom. The molecule has 0 aliphatic carbocycles. The molecule has 0 fully saturated rings. The van der Waals surface area contributed by atoms with Crippen molar-refractivity contribution in [1.82, 2.24) is 10.3 Å². The molecule has 196 valence electrons. The van der Waals surface area contributed by atoms with Crippen LogP contribution in [0.15, 0.2) is 71.8 Å². The van der Waals surface area contributed by atoms with Crippen molar-refractivity contribution in [2.45, 2.75) is 37.6 Å². The molecule has 10 heteroatoms. The van der Waals surface area contributed by atoms with E-state index >= 15 is 0 Å². The number of rotatable bonds is 7. The summed E-state index contributed by atoms with van der Waals surface area (Å²) >= 11 is 6.21. The van der Waals surface area contributed by atoms with Gasteiger partial charge in [0.25, 0.3) is 10.0 Å². The number of carbonyl (C=O) groups excluding carboxylic acids is 2. The summed E-state index contributed by atoms with van der Waals surface area (Å²) in [4.78, 5) is 29.4. The number of hydrogen-bond acceptors (Lipinski definition) is 4. The second-order valence-corrected chi connectivity index (χ2v) is 11.5. The van der Waals surface area contributed by atoms with Crippen LogP contribution >= 0.6 is 11.6 Å². The van der Waals surface area contributed by atoms with Gasteiger partial charge in [-0.15, -0.1) is 0 Å². The molecule has 2 heterocycles. The Kier molecular flexibility index (Phi) is 6.90. The first-order valence-electron chi connectivity index (χ1n) is 12.2. The maximum absolute atomic E-state index is 14.0. The van der Waals surface area contributed by atoms with E-state index in [0.29, 0.717) is 40.5 Å². The molecule has 5 rings (SSSR count). The van der Waals surface area contributed by atoms with E-state index in [1.54, 1.807) is 44.2 Å². The lowest BCUT2D eigenvalue weighted by molar-refractivity contribution is -0.125. The standard InChI is InChI=1S/C28H27ClN4O4S/c1-17-14-26(18(2)13-21(17)29)38(36,37)33-24-10-6-5-9-23(24)32-28(35)25(33)15-27(34)30-12-11-19-16-31-22-8-4-3-7-20(19)22/h3-10,13-14,16,25,31H,11-12,15H2,1-2H3,(H,30,34)(H,32,35)/t25-/m1/s1. The van der Waals surface area contributed by atoms with Gasteiger partial charge in [0.15, 0.2) is 0 Å². The number of H-pyrrole nitrogens is 1. The number of nitrogens with zero attached hydrogens (tertiary/aromatic N) is 1. The highest BCUT2D eigenvalue weighted by Crippen LogP contribution is 2.38. The Hall–Kier alpha value is -3.82. The Morgan fingerprint density at radius 1 is 1.05 bits per heavy atom. The maximum Gasteiger partial charge on any atom is 0.265 e. The number of halogens is 1. The van der Waals surface area contributed by atoms with Crippen molar-refractivity contribution in [2.75, 3.05) is 16.2 Å². The van der Waals surface area contributed by atoms with Crippen molar-refractivity contribution in [3.05, 3.63) is 88.6 Å². The summed E-state index contributed by atoms with van der Waals surface area (Å²) in [6.45, 7) is 3.71. The molecule has 0 radical (unpaired) electrons. The van der Waals surface area contributed by atoms with Crippen molar-refractivity contribution >= 4 is 55.7 Å². The third kappa shape index (κ3) is 4.75. The smallest absolute Gasteiger partial charge is 0.265 e. The zero-order valence-electron chi connectivity index (χ0n) is 20.9. The molecule has 8 nitrogen and oxygen atoms in total. The van der Waals surface area contributed by atoms with Gasteiger partial charge in [-0.3, -0.25) is 13.9 Å². The number of sulfonamides is 1. The zero-order chi connectivity index (χ0) is 27.0. The van der Waals surface area contributed by atoms with Crippen LogP contribution in [0, 0.1) is 13.8 Å². The first-order valence-corrected chi connectivity index (χ1v) is 14.0. The number of anilines is 2. The van der Waals surface area contributed by atoms with Crippen LogP contribution in [-0.4, -0.2) is 37.8 Å². The normalized spacial score (nSPS) is 15.3. The topological polar surface area (TPSA) is 111 Å². The number of amides is 2. The van der Waals surface area contributed by atoms with Crippen LogP contribution in [0.5, 0.6) is 0 Å². The van der Waals surface area contributed by atoms with E-state index in [4.69, 9.17) is 11.6 Å². The van der Waals surface area contributed by atoms with E-state index in [-0.39, 0.29) is 11.3 Å².